The second-order valence-corrected chi connectivity index (χ2v) is 4.50. The van der Waals surface area contributed by atoms with Crippen molar-refractivity contribution >= 4 is 17.2 Å². The molecular weight excluding hydrogens is 302 g/mol. The number of fused-ring (bicyclic) bond motifs is 1. The van der Waals surface area contributed by atoms with Gasteiger partial charge in [-0.1, -0.05) is 0 Å². The zero-order valence-electron chi connectivity index (χ0n) is 12.0. The highest BCUT2D eigenvalue weighted by Crippen LogP contribution is 2.34. The predicted molar refractivity (Wildman–Crippen MR) is 78.8 cm³/mol. The molecular formula is C14H11N5O4. The summed E-state index contributed by atoms with van der Waals surface area (Å²) in [5, 5.41) is 15.7. The Morgan fingerprint density at radius 2 is 2.13 bits per heavy atom. The van der Waals surface area contributed by atoms with Gasteiger partial charge in [0.15, 0.2) is 11.2 Å². The highest BCUT2D eigenvalue weighted by molar-refractivity contribution is 5.98. The first-order chi connectivity index (χ1) is 11.1. The third-order valence-electron chi connectivity index (χ3n) is 3.17. The third-order valence-corrected chi connectivity index (χ3v) is 3.17. The van der Waals surface area contributed by atoms with Crippen LogP contribution in [0.4, 0.5) is 5.69 Å². The van der Waals surface area contributed by atoms with Crippen molar-refractivity contribution < 1.29 is 14.5 Å². The van der Waals surface area contributed by atoms with Gasteiger partial charge in [0.25, 0.3) is 0 Å². The number of rotatable bonds is 4. The number of ether oxygens (including phenoxy) is 1. The molecule has 0 amide bonds. The van der Waals surface area contributed by atoms with Gasteiger partial charge >= 0.3 is 11.7 Å². The average molecular weight is 313 g/mol. The van der Waals surface area contributed by atoms with E-state index in [1.54, 1.807) is 6.92 Å². The summed E-state index contributed by atoms with van der Waals surface area (Å²) in [5.41, 5.74) is 0.435. The SMILES string of the molecule is CCOC(=O)c1ccncc1-c1nn2ccncc2c1[N+](=O)[O-]. The summed E-state index contributed by atoms with van der Waals surface area (Å²) < 4.78 is 6.32. The molecule has 0 saturated carbocycles. The zero-order chi connectivity index (χ0) is 16.4. The number of nitro groups is 1. The Morgan fingerprint density at radius 1 is 1.35 bits per heavy atom. The summed E-state index contributed by atoms with van der Waals surface area (Å²) in [7, 11) is 0. The van der Waals surface area contributed by atoms with Crippen LogP contribution < -0.4 is 0 Å². The number of esters is 1. The molecule has 3 rings (SSSR count). The lowest BCUT2D eigenvalue weighted by Gasteiger charge is -2.05. The fraction of sp³-hybridized carbons (Fsp3) is 0.143. The lowest BCUT2D eigenvalue weighted by atomic mass is 10.1. The van der Waals surface area contributed by atoms with Crippen molar-refractivity contribution in [2.75, 3.05) is 6.61 Å². The van der Waals surface area contributed by atoms with Gasteiger partial charge in [0, 0.05) is 30.4 Å². The molecule has 0 fully saturated rings. The lowest BCUT2D eigenvalue weighted by molar-refractivity contribution is -0.382. The van der Waals surface area contributed by atoms with Crippen LogP contribution in [0.15, 0.2) is 37.1 Å². The van der Waals surface area contributed by atoms with Crippen molar-refractivity contribution in [1.29, 1.82) is 0 Å². The van der Waals surface area contributed by atoms with Crippen LogP contribution in [0, 0.1) is 10.1 Å². The van der Waals surface area contributed by atoms with Gasteiger partial charge in [0.1, 0.15) is 0 Å². The summed E-state index contributed by atoms with van der Waals surface area (Å²) in [6, 6.07) is 1.44. The van der Waals surface area contributed by atoms with Crippen molar-refractivity contribution in [3.05, 3.63) is 52.7 Å². The molecule has 0 aliphatic carbocycles. The molecule has 23 heavy (non-hydrogen) atoms. The Balaban J connectivity index is 2.28. The van der Waals surface area contributed by atoms with E-state index in [-0.39, 0.29) is 34.6 Å². The normalized spacial score (nSPS) is 10.7. The molecule has 0 unspecified atom stereocenters. The van der Waals surface area contributed by atoms with E-state index in [2.05, 4.69) is 15.1 Å². The number of pyridine rings is 1. The fourth-order valence-corrected chi connectivity index (χ4v) is 2.22. The first-order valence-electron chi connectivity index (χ1n) is 6.71. The van der Waals surface area contributed by atoms with Crippen LogP contribution in [0.25, 0.3) is 16.8 Å². The standard InChI is InChI=1S/C14H11N5O4/c1-2-23-14(20)9-3-4-15-7-10(9)12-13(19(21)22)11-8-16-5-6-18(11)17-12/h3-8H,2H2,1H3. The van der Waals surface area contributed by atoms with Gasteiger partial charge in [0.05, 0.1) is 23.3 Å². The van der Waals surface area contributed by atoms with Crippen LogP contribution in [0.1, 0.15) is 17.3 Å². The zero-order valence-corrected chi connectivity index (χ0v) is 12.0. The smallest absolute Gasteiger partial charge is 0.338 e. The molecule has 3 aromatic rings. The van der Waals surface area contributed by atoms with Crippen LogP contribution in [0.2, 0.25) is 0 Å². The molecule has 0 aliphatic rings. The van der Waals surface area contributed by atoms with Gasteiger partial charge in [-0.25, -0.2) is 9.31 Å². The monoisotopic (exact) mass is 313 g/mol. The Labute approximate surface area is 129 Å². The van der Waals surface area contributed by atoms with E-state index in [1.807, 2.05) is 0 Å². The largest absolute Gasteiger partial charge is 0.462 e. The molecule has 0 spiro atoms. The number of hydrogen-bond donors (Lipinski definition) is 0. The van der Waals surface area contributed by atoms with Crippen molar-refractivity contribution in [3.8, 4) is 11.3 Å². The molecule has 0 bridgehead atoms. The van der Waals surface area contributed by atoms with E-state index in [4.69, 9.17) is 4.74 Å². The molecule has 116 valence electrons. The molecule has 3 heterocycles. The lowest BCUT2D eigenvalue weighted by Crippen LogP contribution is -2.07. The molecule has 0 radical (unpaired) electrons. The molecule has 0 aromatic carbocycles. The molecule has 9 nitrogen and oxygen atoms in total. The summed E-state index contributed by atoms with van der Waals surface area (Å²) in [4.78, 5) is 30.8. The maximum absolute atomic E-state index is 12.1. The van der Waals surface area contributed by atoms with E-state index in [1.165, 1.54) is 41.6 Å². The Morgan fingerprint density at radius 3 is 2.87 bits per heavy atom. The quantitative estimate of drug-likeness (QED) is 0.410. The Bertz CT molecular complexity index is 905. The van der Waals surface area contributed by atoms with Crippen LogP contribution in [-0.2, 0) is 4.74 Å². The van der Waals surface area contributed by atoms with Crippen molar-refractivity contribution in [3.63, 3.8) is 0 Å². The summed E-state index contributed by atoms with van der Waals surface area (Å²) >= 11 is 0. The van der Waals surface area contributed by atoms with E-state index in [0.29, 0.717) is 0 Å². The topological polar surface area (TPSA) is 113 Å². The van der Waals surface area contributed by atoms with Crippen LogP contribution >= 0.6 is 0 Å². The van der Waals surface area contributed by atoms with Gasteiger partial charge in [0.2, 0.25) is 0 Å². The molecule has 9 heteroatoms. The van der Waals surface area contributed by atoms with E-state index in [0.717, 1.165) is 0 Å². The molecule has 0 atom stereocenters. The number of nitrogens with zero attached hydrogens (tertiary/aromatic N) is 5. The Hall–Kier alpha value is -3.36. The fourth-order valence-electron chi connectivity index (χ4n) is 2.22. The second kappa shape index (κ2) is 5.79. The highest BCUT2D eigenvalue weighted by atomic mass is 16.6. The van der Waals surface area contributed by atoms with Crippen molar-refractivity contribution in [2.45, 2.75) is 6.92 Å². The average Bonchev–Trinajstić information content (AvgIpc) is 2.94. The maximum atomic E-state index is 12.1. The first-order valence-corrected chi connectivity index (χ1v) is 6.71. The van der Waals surface area contributed by atoms with E-state index in [9.17, 15) is 14.9 Å². The van der Waals surface area contributed by atoms with Gasteiger partial charge < -0.3 is 4.74 Å². The number of carbonyl (C=O) groups excluding carboxylic acids is 1. The van der Waals surface area contributed by atoms with Gasteiger partial charge in [-0.05, 0) is 13.0 Å². The highest BCUT2D eigenvalue weighted by Gasteiger charge is 2.28. The molecule has 0 aliphatic heterocycles. The minimum Gasteiger partial charge on any atom is -0.462 e. The summed E-state index contributed by atoms with van der Waals surface area (Å²) in [6.45, 7) is 1.87. The van der Waals surface area contributed by atoms with Gasteiger partial charge in [-0.3, -0.25) is 20.1 Å². The summed E-state index contributed by atoms with van der Waals surface area (Å²) in [5.74, 6) is -0.589. The summed E-state index contributed by atoms with van der Waals surface area (Å²) in [6.07, 6.45) is 7.07. The second-order valence-electron chi connectivity index (χ2n) is 4.50. The van der Waals surface area contributed by atoms with E-state index >= 15 is 0 Å². The third kappa shape index (κ3) is 2.48. The Kier molecular flexibility index (Phi) is 3.67. The van der Waals surface area contributed by atoms with Crippen LogP contribution in [0.5, 0.6) is 0 Å². The van der Waals surface area contributed by atoms with Crippen LogP contribution in [-0.4, -0.2) is 37.1 Å². The number of aromatic nitrogens is 4. The number of hydrogen-bond acceptors (Lipinski definition) is 7. The van der Waals surface area contributed by atoms with Crippen molar-refractivity contribution in [1.82, 2.24) is 19.6 Å². The molecule has 0 N–H and O–H groups in total. The van der Waals surface area contributed by atoms with Gasteiger partial charge in [-0.2, -0.15) is 5.10 Å². The minimum atomic E-state index is -0.589. The van der Waals surface area contributed by atoms with E-state index < -0.39 is 10.9 Å². The van der Waals surface area contributed by atoms with Crippen molar-refractivity contribution in [2.24, 2.45) is 0 Å². The predicted octanol–water partition coefficient (Wildman–Crippen LogP) is 1.88. The number of carbonyl (C=O) groups is 1. The van der Waals surface area contributed by atoms with Gasteiger partial charge in [-0.15, -0.1) is 0 Å². The maximum Gasteiger partial charge on any atom is 0.338 e. The molecule has 3 aromatic heterocycles. The molecule has 0 saturated heterocycles. The minimum absolute atomic E-state index is 0.0409. The van der Waals surface area contributed by atoms with Crippen LogP contribution in [0.3, 0.4) is 0 Å². The first kappa shape index (κ1) is 14.6.